The fourth-order valence-corrected chi connectivity index (χ4v) is 2.05. The molecule has 0 saturated heterocycles. The van der Waals surface area contributed by atoms with Gasteiger partial charge in [0.15, 0.2) is 0 Å². The van der Waals surface area contributed by atoms with Crippen LogP contribution < -0.4 is 15.5 Å². The first-order chi connectivity index (χ1) is 11.7. The van der Waals surface area contributed by atoms with E-state index in [9.17, 15) is 22.8 Å². The summed E-state index contributed by atoms with van der Waals surface area (Å²) in [6.45, 7) is 0. The van der Waals surface area contributed by atoms with Crippen molar-refractivity contribution in [3.05, 3.63) is 54.1 Å². The fourth-order valence-electron chi connectivity index (χ4n) is 2.05. The molecule has 2 N–H and O–H groups in total. The van der Waals surface area contributed by atoms with E-state index >= 15 is 0 Å². The van der Waals surface area contributed by atoms with Crippen LogP contribution >= 0.6 is 0 Å². The van der Waals surface area contributed by atoms with Crippen LogP contribution in [0.25, 0.3) is 0 Å². The fraction of sp³-hybridized carbons (Fsp3) is 0.176. The van der Waals surface area contributed by atoms with Gasteiger partial charge in [0, 0.05) is 25.5 Å². The van der Waals surface area contributed by atoms with Crippen molar-refractivity contribution in [2.24, 2.45) is 0 Å². The molecule has 0 bridgehead atoms. The van der Waals surface area contributed by atoms with Crippen LogP contribution in [0.5, 0.6) is 0 Å². The minimum atomic E-state index is -4.64. The molecule has 132 valence electrons. The Bertz CT molecular complexity index is 771. The molecule has 0 aliphatic heterocycles. The predicted octanol–water partition coefficient (Wildman–Crippen LogP) is 3.35. The molecule has 2 rings (SSSR count). The number of alkyl halides is 3. The van der Waals surface area contributed by atoms with Crippen molar-refractivity contribution in [3.63, 3.8) is 0 Å². The van der Waals surface area contributed by atoms with Crippen LogP contribution in [0.1, 0.15) is 5.56 Å². The van der Waals surface area contributed by atoms with Gasteiger partial charge in [-0.05, 0) is 36.4 Å². The van der Waals surface area contributed by atoms with Gasteiger partial charge in [0.2, 0.25) is 0 Å². The Morgan fingerprint density at radius 2 is 1.44 bits per heavy atom. The summed E-state index contributed by atoms with van der Waals surface area (Å²) in [6.07, 6.45) is -4.64. The average Bonchev–Trinajstić information content (AvgIpc) is 2.54. The number of rotatable bonds is 3. The average molecular weight is 351 g/mol. The highest BCUT2D eigenvalue weighted by molar-refractivity contribution is 6.43. The second-order valence-corrected chi connectivity index (χ2v) is 5.39. The van der Waals surface area contributed by atoms with Gasteiger partial charge in [0.1, 0.15) is 0 Å². The monoisotopic (exact) mass is 351 g/mol. The first-order valence-corrected chi connectivity index (χ1v) is 7.24. The number of hydrogen-bond acceptors (Lipinski definition) is 3. The van der Waals surface area contributed by atoms with Gasteiger partial charge in [-0.2, -0.15) is 13.2 Å². The molecular formula is C17H16F3N3O2. The third-order valence-corrected chi connectivity index (χ3v) is 3.33. The van der Waals surface area contributed by atoms with Crippen LogP contribution in [0.15, 0.2) is 48.5 Å². The molecule has 0 heterocycles. The zero-order chi connectivity index (χ0) is 18.6. The topological polar surface area (TPSA) is 61.4 Å². The number of benzene rings is 2. The molecule has 0 radical (unpaired) electrons. The summed E-state index contributed by atoms with van der Waals surface area (Å²) in [6, 6.07) is 11.1. The summed E-state index contributed by atoms with van der Waals surface area (Å²) < 4.78 is 38.7. The quantitative estimate of drug-likeness (QED) is 0.834. The van der Waals surface area contributed by atoms with Crippen molar-refractivity contribution in [1.82, 2.24) is 0 Å². The molecule has 2 aromatic rings. The molecule has 25 heavy (non-hydrogen) atoms. The number of anilines is 3. The molecular weight excluding hydrogens is 335 g/mol. The smallest absolute Gasteiger partial charge is 0.378 e. The van der Waals surface area contributed by atoms with E-state index in [4.69, 9.17) is 0 Å². The number of nitrogens with zero attached hydrogens (tertiary/aromatic N) is 1. The van der Waals surface area contributed by atoms with Crippen LogP contribution in [0, 0.1) is 0 Å². The van der Waals surface area contributed by atoms with Crippen LogP contribution in [-0.4, -0.2) is 25.9 Å². The first kappa shape index (κ1) is 18.3. The van der Waals surface area contributed by atoms with Gasteiger partial charge in [-0.15, -0.1) is 0 Å². The van der Waals surface area contributed by atoms with E-state index in [1.54, 1.807) is 24.3 Å². The third kappa shape index (κ3) is 4.72. The van der Waals surface area contributed by atoms with Crippen LogP contribution in [0.4, 0.5) is 30.2 Å². The van der Waals surface area contributed by atoms with Crippen molar-refractivity contribution in [3.8, 4) is 0 Å². The Morgan fingerprint density at radius 1 is 0.880 bits per heavy atom. The van der Waals surface area contributed by atoms with E-state index in [1.165, 1.54) is 12.1 Å². The highest BCUT2D eigenvalue weighted by Crippen LogP contribution is 2.34. The lowest BCUT2D eigenvalue weighted by atomic mass is 10.1. The van der Waals surface area contributed by atoms with E-state index in [0.717, 1.165) is 17.8 Å². The van der Waals surface area contributed by atoms with E-state index < -0.39 is 29.2 Å². The van der Waals surface area contributed by atoms with Gasteiger partial charge >= 0.3 is 18.0 Å². The standard InChI is InChI=1S/C17H16F3N3O2/c1-23(2)12-9-7-11(8-10-12)21-15(24)16(25)22-14-6-4-3-5-13(14)17(18,19)20/h3-10H,1-2H3,(H,21,24)(H,22,25). The molecule has 0 unspecified atom stereocenters. The van der Waals surface area contributed by atoms with Gasteiger partial charge in [-0.3, -0.25) is 9.59 Å². The number of nitrogens with one attached hydrogen (secondary N) is 2. The number of halogens is 3. The first-order valence-electron chi connectivity index (χ1n) is 7.24. The minimum Gasteiger partial charge on any atom is -0.378 e. The van der Waals surface area contributed by atoms with E-state index in [0.29, 0.717) is 5.69 Å². The molecule has 0 spiro atoms. The molecule has 8 heteroatoms. The summed E-state index contributed by atoms with van der Waals surface area (Å²) in [5, 5.41) is 4.32. The zero-order valence-electron chi connectivity index (χ0n) is 13.5. The maximum Gasteiger partial charge on any atom is 0.418 e. The Hall–Kier alpha value is -3.03. The highest BCUT2D eigenvalue weighted by Gasteiger charge is 2.34. The van der Waals surface area contributed by atoms with Crippen molar-refractivity contribution < 1.29 is 22.8 Å². The van der Waals surface area contributed by atoms with Crippen LogP contribution in [-0.2, 0) is 15.8 Å². The van der Waals surface area contributed by atoms with Crippen LogP contribution in [0.3, 0.4) is 0 Å². The number of hydrogen-bond donors (Lipinski definition) is 2. The van der Waals surface area contributed by atoms with Crippen molar-refractivity contribution in [2.75, 3.05) is 29.6 Å². The molecule has 0 fully saturated rings. The maximum atomic E-state index is 12.9. The van der Waals surface area contributed by atoms with Gasteiger partial charge in [0.25, 0.3) is 0 Å². The lowest BCUT2D eigenvalue weighted by molar-refractivity contribution is -0.137. The zero-order valence-corrected chi connectivity index (χ0v) is 13.5. The van der Waals surface area contributed by atoms with Gasteiger partial charge in [0.05, 0.1) is 11.3 Å². The molecule has 5 nitrogen and oxygen atoms in total. The Morgan fingerprint density at radius 3 is 2.00 bits per heavy atom. The summed E-state index contributed by atoms with van der Waals surface area (Å²) in [5.41, 5.74) is -0.249. The second kappa shape index (κ2) is 7.25. The highest BCUT2D eigenvalue weighted by atomic mass is 19.4. The second-order valence-electron chi connectivity index (χ2n) is 5.39. The Kier molecular flexibility index (Phi) is 5.31. The van der Waals surface area contributed by atoms with E-state index in [2.05, 4.69) is 5.32 Å². The number of carbonyl (C=O) groups excluding carboxylic acids is 2. The molecule has 2 aromatic carbocycles. The SMILES string of the molecule is CN(C)c1ccc(NC(=O)C(=O)Nc2ccccc2C(F)(F)F)cc1. The predicted molar refractivity (Wildman–Crippen MR) is 89.5 cm³/mol. The largest absolute Gasteiger partial charge is 0.418 e. The maximum absolute atomic E-state index is 12.9. The van der Waals surface area contributed by atoms with Gasteiger partial charge in [-0.1, -0.05) is 12.1 Å². The summed E-state index contributed by atoms with van der Waals surface area (Å²) >= 11 is 0. The molecule has 2 amide bonds. The number of amides is 2. The molecule has 0 aliphatic carbocycles. The number of para-hydroxylation sites is 1. The number of carbonyl (C=O) groups is 2. The Balaban J connectivity index is 2.07. The summed E-state index contributed by atoms with van der Waals surface area (Å²) in [5.74, 6) is -2.25. The molecule has 0 atom stereocenters. The van der Waals surface area contributed by atoms with Crippen molar-refractivity contribution in [1.29, 1.82) is 0 Å². The van der Waals surface area contributed by atoms with E-state index in [-0.39, 0.29) is 0 Å². The Labute approximate surface area is 142 Å². The van der Waals surface area contributed by atoms with Gasteiger partial charge < -0.3 is 15.5 Å². The van der Waals surface area contributed by atoms with Gasteiger partial charge in [-0.25, -0.2) is 0 Å². The minimum absolute atomic E-state index is 0.356. The molecule has 0 aromatic heterocycles. The lowest BCUT2D eigenvalue weighted by Gasteiger charge is -2.14. The van der Waals surface area contributed by atoms with E-state index in [1.807, 2.05) is 24.3 Å². The normalized spacial score (nSPS) is 10.9. The van der Waals surface area contributed by atoms with Crippen molar-refractivity contribution in [2.45, 2.75) is 6.18 Å². The lowest BCUT2D eigenvalue weighted by Crippen LogP contribution is -2.30. The molecule has 0 aliphatic rings. The molecule has 0 saturated carbocycles. The third-order valence-electron chi connectivity index (χ3n) is 3.33. The summed E-state index contributed by atoms with van der Waals surface area (Å²) in [4.78, 5) is 25.6. The summed E-state index contributed by atoms with van der Waals surface area (Å²) in [7, 11) is 3.69. The van der Waals surface area contributed by atoms with Crippen LogP contribution in [0.2, 0.25) is 0 Å². The van der Waals surface area contributed by atoms with Crippen molar-refractivity contribution >= 4 is 28.9 Å².